The minimum absolute atomic E-state index is 0.308. The minimum Gasteiger partial charge on any atom is -0.465 e. The van der Waals surface area contributed by atoms with E-state index in [1.165, 1.54) is 0 Å². The van der Waals surface area contributed by atoms with Crippen molar-refractivity contribution in [1.29, 1.82) is 0 Å². The summed E-state index contributed by atoms with van der Waals surface area (Å²) >= 11 is 1.81. The summed E-state index contributed by atoms with van der Waals surface area (Å²) in [6, 6.07) is 0. The van der Waals surface area contributed by atoms with E-state index in [0.29, 0.717) is 13.0 Å². The molecule has 0 aromatic heterocycles. The third-order valence-electron chi connectivity index (χ3n) is 2.16. The summed E-state index contributed by atoms with van der Waals surface area (Å²) in [4.78, 5) is 11.5. The van der Waals surface area contributed by atoms with Crippen LogP contribution in [0, 0.1) is 0 Å². The fraction of sp³-hybridized carbons (Fsp3) is 0.909. The van der Waals surface area contributed by atoms with Crippen LogP contribution in [0.3, 0.4) is 0 Å². The number of hydrogen-bond acceptors (Lipinski definition) is 5. The zero-order valence-electron chi connectivity index (χ0n) is 10.5. The predicted octanol–water partition coefficient (Wildman–Crippen LogP) is 1.43. The molecule has 0 aromatic rings. The van der Waals surface area contributed by atoms with E-state index < -0.39 is 5.54 Å². The van der Waals surface area contributed by atoms with Gasteiger partial charge in [0.25, 0.3) is 0 Å². The van der Waals surface area contributed by atoms with E-state index >= 15 is 0 Å². The summed E-state index contributed by atoms with van der Waals surface area (Å²) < 4.78 is 9.85. The van der Waals surface area contributed by atoms with Crippen molar-refractivity contribution in [2.24, 2.45) is 5.73 Å². The van der Waals surface area contributed by atoms with Crippen molar-refractivity contribution in [3.63, 3.8) is 0 Å². The van der Waals surface area contributed by atoms with Gasteiger partial charge in [-0.2, -0.15) is 11.8 Å². The maximum atomic E-state index is 11.5. The van der Waals surface area contributed by atoms with Crippen LogP contribution in [0.5, 0.6) is 0 Å². The molecule has 0 fully saturated rings. The monoisotopic (exact) mass is 249 g/mol. The van der Waals surface area contributed by atoms with Gasteiger partial charge in [-0.1, -0.05) is 0 Å². The van der Waals surface area contributed by atoms with Crippen LogP contribution in [0.1, 0.15) is 26.7 Å². The molecule has 96 valence electrons. The van der Waals surface area contributed by atoms with Crippen molar-refractivity contribution >= 4 is 17.7 Å². The number of hydrogen-bond donors (Lipinski definition) is 1. The summed E-state index contributed by atoms with van der Waals surface area (Å²) in [5, 5.41) is 0. The third-order valence-corrected chi connectivity index (χ3v) is 3.19. The highest BCUT2D eigenvalue weighted by atomic mass is 32.2. The van der Waals surface area contributed by atoms with Gasteiger partial charge >= 0.3 is 5.97 Å². The molecule has 0 aromatic carbocycles. The lowest BCUT2D eigenvalue weighted by Crippen LogP contribution is -2.46. The fourth-order valence-corrected chi connectivity index (χ4v) is 2.02. The lowest BCUT2D eigenvalue weighted by Gasteiger charge is -2.21. The highest BCUT2D eigenvalue weighted by Gasteiger charge is 2.28. The van der Waals surface area contributed by atoms with Gasteiger partial charge in [-0.3, -0.25) is 4.79 Å². The molecule has 0 rings (SSSR count). The van der Waals surface area contributed by atoms with E-state index in [-0.39, 0.29) is 5.97 Å². The molecule has 1 unspecified atom stereocenters. The Bertz CT molecular complexity index is 198. The lowest BCUT2D eigenvalue weighted by atomic mass is 9.98. The predicted molar refractivity (Wildman–Crippen MR) is 67.7 cm³/mol. The average molecular weight is 249 g/mol. The maximum Gasteiger partial charge on any atom is 0.325 e. The molecule has 0 aliphatic carbocycles. The molecule has 0 bridgehead atoms. The van der Waals surface area contributed by atoms with Gasteiger partial charge in [0, 0.05) is 12.9 Å². The smallest absolute Gasteiger partial charge is 0.325 e. The van der Waals surface area contributed by atoms with Crippen LogP contribution in [0.4, 0.5) is 0 Å². The molecule has 0 aliphatic heterocycles. The topological polar surface area (TPSA) is 61.5 Å². The minimum atomic E-state index is -0.849. The van der Waals surface area contributed by atoms with E-state index in [2.05, 4.69) is 0 Å². The van der Waals surface area contributed by atoms with E-state index in [9.17, 15) is 4.79 Å². The second kappa shape index (κ2) is 8.84. The Hall–Kier alpha value is -0.260. The number of thioether (sulfide) groups is 1. The van der Waals surface area contributed by atoms with Crippen LogP contribution in [-0.2, 0) is 14.3 Å². The highest BCUT2D eigenvalue weighted by Crippen LogP contribution is 2.14. The molecule has 0 spiro atoms. The summed E-state index contributed by atoms with van der Waals surface area (Å²) in [6.07, 6.45) is 1.58. The summed E-state index contributed by atoms with van der Waals surface area (Å²) in [5.41, 5.74) is 5.03. The molecular formula is C11H23NO3S. The number of ether oxygens (including phenoxy) is 2. The molecule has 5 heteroatoms. The SMILES string of the molecule is CCOC(=O)C(C)(N)CCCSCCOC. The molecule has 0 aliphatic rings. The first-order valence-electron chi connectivity index (χ1n) is 5.57. The van der Waals surface area contributed by atoms with Crippen molar-refractivity contribution < 1.29 is 14.3 Å². The normalized spacial score (nSPS) is 14.5. The number of rotatable bonds is 9. The number of methoxy groups -OCH3 is 1. The first-order valence-corrected chi connectivity index (χ1v) is 6.73. The molecule has 16 heavy (non-hydrogen) atoms. The van der Waals surface area contributed by atoms with Crippen LogP contribution >= 0.6 is 11.8 Å². The van der Waals surface area contributed by atoms with Gasteiger partial charge in [0.2, 0.25) is 0 Å². The Kier molecular flexibility index (Phi) is 8.70. The van der Waals surface area contributed by atoms with Crippen LogP contribution in [0.15, 0.2) is 0 Å². The molecule has 2 N–H and O–H groups in total. The van der Waals surface area contributed by atoms with E-state index in [0.717, 1.165) is 24.5 Å². The second-order valence-electron chi connectivity index (χ2n) is 3.85. The highest BCUT2D eigenvalue weighted by molar-refractivity contribution is 7.99. The second-order valence-corrected chi connectivity index (χ2v) is 5.07. The molecule has 0 radical (unpaired) electrons. The van der Waals surface area contributed by atoms with Crippen molar-refractivity contribution in [3.05, 3.63) is 0 Å². The van der Waals surface area contributed by atoms with Gasteiger partial charge < -0.3 is 15.2 Å². The largest absolute Gasteiger partial charge is 0.465 e. The molecular weight excluding hydrogens is 226 g/mol. The molecule has 1 atom stereocenters. The lowest BCUT2D eigenvalue weighted by molar-refractivity contribution is -0.149. The first-order chi connectivity index (χ1) is 7.54. The summed E-state index contributed by atoms with van der Waals surface area (Å²) in [6.45, 7) is 4.66. The van der Waals surface area contributed by atoms with Crippen molar-refractivity contribution in [3.8, 4) is 0 Å². The van der Waals surface area contributed by atoms with Gasteiger partial charge in [0.15, 0.2) is 0 Å². The van der Waals surface area contributed by atoms with Gasteiger partial charge in [-0.25, -0.2) is 0 Å². The molecule has 0 saturated heterocycles. The first kappa shape index (κ1) is 15.7. The number of nitrogens with two attached hydrogens (primary N) is 1. The summed E-state index contributed by atoms with van der Waals surface area (Å²) in [5.74, 6) is 1.67. The van der Waals surface area contributed by atoms with E-state index in [4.69, 9.17) is 15.2 Å². The van der Waals surface area contributed by atoms with Crippen LogP contribution in [0.2, 0.25) is 0 Å². The average Bonchev–Trinajstić information content (AvgIpc) is 2.23. The van der Waals surface area contributed by atoms with Gasteiger partial charge in [-0.15, -0.1) is 0 Å². The zero-order chi connectivity index (χ0) is 12.4. The van der Waals surface area contributed by atoms with Crippen molar-refractivity contribution in [1.82, 2.24) is 0 Å². The van der Waals surface area contributed by atoms with Crippen LogP contribution in [0.25, 0.3) is 0 Å². The standard InChI is InChI=1S/C11H23NO3S/c1-4-15-10(13)11(2,12)6-5-8-16-9-7-14-3/h4-9,12H2,1-3H3. The number of esters is 1. The van der Waals surface area contributed by atoms with Crippen LogP contribution < -0.4 is 5.73 Å². The van der Waals surface area contributed by atoms with Gasteiger partial charge in [0.05, 0.1) is 13.2 Å². The number of carbonyl (C=O) groups excluding carboxylic acids is 1. The molecule has 4 nitrogen and oxygen atoms in total. The Balaban J connectivity index is 3.61. The van der Waals surface area contributed by atoms with Gasteiger partial charge in [0.1, 0.15) is 5.54 Å². The quantitative estimate of drug-likeness (QED) is 0.495. The molecule has 0 heterocycles. The van der Waals surface area contributed by atoms with Crippen molar-refractivity contribution in [2.75, 3.05) is 31.8 Å². The zero-order valence-corrected chi connectivity index (χ0v) is 11.3. The Labute approximate surface area is 102 Å². The fourth-order valence-electron chi connectivity index (χ4n) is 1.18. The summed E-state index contributed by atoms with van der Waals surface area (Å²) in [7, 11) is 1.69. The Morgan fingerprint density at radius 3 is 2.69 bits per heavy atom. The molecule has 0 amide bonds. The molecule has 0 saturated carbocycles. The Morgan fingerprint density at radius 2 is 2.12 bits per heavy atom. The van der Waals surface area contributed by atoms with E-state index in [1.54, 1.807) is 21.0 Å². The number of carbonyl (C=O) groups is 1. The third kappa shape index (κ3) is 7.09. The van der Waals surface area contributed by atoms with E-state index in [1.807, 2.05) is 11.8 Å². The van der Waals surface area contributed by atoms with Crippen LogP contribution in [-0.4, -0.2) is 43.3 Å². The van der Waals surface area contributed by atoms with Gasteiger partial charge in [-0.05, 0) is 32.4 Å². The van der Waals surface area contributed by atoms with Crippen molar-refractivity contribution in [2.45, 2.75) is 32.2 Å². The Morgan fingerprint density at radius 1 is 1.44 bits per heavy atom. The maximum absolute atomic E-state index is 11.5.